The van der Waals surface area contributed by atoms with Crippen molar-refractivity contribution in [3.05, 3.63) is 54.6 Å². The second-order valence-corrected chi connectivity index (χ2v) is 7.43. The maximum Gasteiger partial charge on any atom is 0.119 e. The molecule has 0 aliphatic heterocycles. The third-order valence-corrected chi connectivity index (χ3v) is 4.79. The number of aliphatic hydroxyl groups is 1. The lowest BCUT2D eigenvalue weighted by Gasteiger charge is -2.12. The minimum Gasteiger partial charge on any atom is -0.491 e. The molecular weight excluding hydrogens is 362 g/mol. The average Bonchev–Trinajstić information content (AvgIpc) is 2.75. The van der Waals surface area contributed by atoms with Gasteiger partial charge < -0.3 is 15.1 Å². The normalized spacial score (nSPS) is 13.4. The fraction of sp³-hybridized carbons (Fsp3) is 0.560. The minimum absolute atomic E-state index is 0.250. The van der Waals surface area contributed by atoms with Crippen LogP contribution in [0, 0.1) is 0 Å². The van der Waals surface area contributed by atoms with Gasteiger partial charge in [-0.05, 0) is 63.5 Å². The molecule has 4 heteroatoms. The molecule has 0 heterocycles. The van der Waals surface area contributed by atoms with Gasteiger partial charge in [0.25, 0.3) is 0 Å². The van der Waals surface area contributed by atoms with Gasteiger partial charge in [-0.15, -0.1) is 0 Å². The van der Waals surface area contributed by atoms with E-state index >= 15 is 0 Å². The Morgan fingerprint density at radius 1 is 0.966 bits per heavy atom. The lowest BCUT2D eigenvalue weighted by Crippen LogP contribution is -2.18. The quantitative estimate of drug-likeness (QED) is 0.101. The number of ether oxygens (including phenoxy) is 1. The molecule has 0 aliphatic carbocycles. The van der Waals surface area contributed by atoms with Crippen LogP contribution in [0.5, 0.6) is 5.75 Å². The van der Waals surface area contributed by atoms with Gasteiger partial charge in [0.15, 0.2) is 0 Å². The number of nitrogens with zero attached hydrogens (tertiary/aromatic N) is 1. The molecule has 0 fully saturated rings. The summed E-state index contributed by atoms with van der Waals surface area (Å²) in [5.74, 6) is 0.752. The highest BCUT2D eigenvalue weighted by atomic mass is 16.5. The molecule has 0 amide bonds. The molecule has 1 atom stereocenters. The number of allylic oxidation sites excluding steroid dienone is 4. The number of aliphatic hydroxyl groups excluding tert-OH is 1. The van der Waals surface area contributed by atoms with Crippen molar-refractivity contribution in [1.82, 2.24) is 0 Å². The average molecular weight is 402 g/mol. The van der Waals surface area contributed by atoms with Gasteiger partial charge in [0.05, 0.1) is 11.8 Å². The molecule has 0 aromatic heterocycles. The van der Waals surface area contributed by atoms with Gasteiger partial charge >= 0.3 is 0 Å². The van der Waals surface area contributed by atoms with Crippen LogP contribution in [0.4, 0.5) is 0 Å². The van der Waals surface area contributed by atoms with Crippen molar-refractivity contribution >= 4 is 5.71 Å². The Labute approximate surface area is 177 Å². The first kappa shape index (κ1) is 25.0. The van der Waals surface area contributed by atoms with Crippen LogP contribution in [0.25, 0.3) is 0 Å². The van der Waals surface area contributed by atoms with E-state index in [1.54, 1.807) is 0 Å². The molecule has 1 aromatic rings. The Morgan fingerprint density at radius 2 is 1.66 bits per heavy atom. The molecular formula is C25H39NO3. The first-order valence-electron chi connectivity index (χ1n) is 11.1. The number of hydrogen-bond acceptors (Lipinski definition) is 4. The number of para-hydroxylation sites is 1. The van der Waals surface area contributed by atoms with Crippen molar-refractivity contribution in [3.8, 4) is 5.75 Å². The summed E-state index contributed by atoms with van der Waals surface area (Å²) in [6.07, 6.45) is 19.5. The summed E-state index contributed by atoms with van der Waals surface area (Å²) in [7, 11) is 0. The van der Waals surface area contributed by atoms with E-state index in [0.29, 0.717) is 12.8 Å². The zero-order valence-corrected chi connectivity index (χ0v) is 18.0. The van der Waals surface area contributed by atoms with Crippen molar-refractivity contribution in [2.75, 3.05) is 6.61 Å². The van der Waals surface area contributed by atoms with E-state index in [1.807, 2.05) is 30.3 Å². The van der Waals surface area contributed by atoms with Crippen molar-refractivity contribution in [2.24, 2.45) is 5.16 Å². The van der Waals surface area contributed by atoms with E-state index in [1.165, 1.54) is 32.1 Å². The zero-order chi connectivity index (χ0) is 21.0. The highest BCUT2D eigenvalue weighted by Gasteiger charge is 2.08. The highest BCUT2D eigenvalue weighted by molar-refractivity contribution is 5.83. The van der Waals surface area contributed by atoms with Crippen LogP contribution in [0.1, 0.15) is 77.6 Å². The van der Waals surface area contributed by atoms with Gasteiger partial charge in [0.1, 0.15) is 12.4 Å². The first-order valence-corrected chi connectivity index (χ1v) is 11.1. The predicted octanol–water partition coefficient (Wildman–Crippen LogP) is 6.68. The number of rotatable bonds is 17. The van der Waals surface area contributed by atoms with Crippen LogP contribution < -0.4 is 4.74 Å². The molecule has 29 heavy (non-hydrogen) atoms. The second-order valence-electron chi connectivity index (χ2n) is 7.43. The summed E-state index contributed by atoms with van der Waals surface area (Å²) < 4.78 is 5.55. The maximum absolute atomic E-state index is 10.1. The van der Waals surface area contributed by atoms with Crippen LogP contribution in [0.15, 0.2) is 59.8 Å². The summed E-state index contributed by atoms with van der Waals surface area (Å²) in [4.78, 5) is 0. The maximum atomic E-state index is 10.1. The van der Waals surface area contributed by atoms with Gasteiger partial charge in [0, 0.05) is 0 Å². The second kappa shape index (κ2) is 18.0. The fourth-order valence-electron chi connectivity index (χ4n) is 2.98. The SMILES string of the molecule is CCCCCC/C=C/C=C/CCCC/C(CCC(O)COc1ccccc1)=N/O. The number of oxime groups is 1. The Kier molecular flexibility index (Phi) is 15.5. The lowest BCUT2D eigenvalue weighted by molar-refractivity contribution is 0.101. The molecule has 0 bridgehead atoms. The molecule has 0 saturated heterocycles. The van der Waals surface area contributed by atoms with E-state index in [4.69, 9.17) is 4.74 Å². The third kappa shape index (κ3) is 14.6. The van der Waals surface area contributed by atoms with Crippen molar-refractivity contribution in [2.45, 2.75) is 83.7 Å². The van der Waals surface area contributed by atoms with Crippen LogP contribution in [-0.2, 0) is 0 Å². The van der Waals surface area contributed by atoms with Crippen LogP contribution in [0.3, 0.4) is 0 Å². The van der Waals surface area contributed by atoms with E-state index < -0.39 is 6.10 Å². The Hall–Kier alpha value is -2.07. The van der Waals surface area contributed by atoms with Gasteiger partial charge in [0.2, 0.25) is 0 Å². The molecule has 162 valence electrons. The number of unbranched alkanes of at least 4 members (excludes halogenated alkanes) is 6. The summed E-state index contributed by atoms with van der Waals surface area (Å²) >= 11 is 0. The van der Waals surface area contributed by atoms with E-state index in [0.717, 1.165) is 37.1 Å². The predicted molar refractivity (Wildman–Crippen MR) is 122 cm³/mol. The summed E-state index contributed by atoms with van der Waals surface area (Å²) in [5, 5.41) is 22.6. The fourth-order valence-corrected chi connectivity index (χ4v) is 2.98. The van der Waals surface area contributed by atoms with Gasteiger partial charge in [-0.25, -0.2) is 0 Å². The van der Waals surface area contributed by atoms with Gasteiger partial charge in [-0.1, -0.05) is 73.8 Å². The molecule has 0 saturated carbocycles. The van der Waals surface area contributed by atoms with E-state index in [-0.39, 0.29) is 6.61 Å². The number of hydrogen-bond donors (Lipinski definition) is 2. The number of benzene rings is 1. The Bertz CT molecular complexity index is 581. The molecule has 2 N–H and O–H groups in total. The Balaban J connectivity index is 2.04. The van der Waals surface area contributed by atoms with Crippen LogP contribution in [-0.4, -0.2) is 28.7 Å². The monoisotopic (exact) mass is 401 g/mol. The van der Waals surface area contributed by atoms with Gasteiger partial charge in [-0.2, -0.15) is 0 Å². The molecule has 1 unspecified atom stereocenters. The van der Waals surface area contributed by atoms with Crippen molar-refractivity contribution in [3.63, 3.8) is 0 Å². The van der Waals surface area contributed by atoms with Crippen LogP contribution >= 0.6 is 0 Å². The Morgan fingerprint density at radius 3 is 2.31 bits per heavy atom. The summed E-state index contributed by atoms with van der Waals surface area (Å²) in [5.41, 5.74) is 0.750. The van der Waals surface area contributed by atoms with E-state index in [2.05, 4.69) is 36.4 Å². The molecule has 0 spiro atoms. The highest BCUT2D eigenvalue weighted by Crippen LogP contribution is 2.11. The molecule has 4 nitrogen and oxygen atoms in total. The summed E-state index contributed by atoms with van der Waals surface area (Å²) in [6, 6.07) is 9.46. The molecule has 1 aromatic carbocycles. The smallest absolute Gasteiger partial charge is 0.119 e. The van der Waals surface area contributed by atoms with Gasteiger partial charge in [-0.3, -0.25) is 0 Å². The standard InChI is InChI=1S/C25H39NO3/c1-2-3-4-5-6-7-8-9-10-11-12-14-17-23(26-28)20-21-24(27)22-29-25-18-15-13-16-19-25/h7-10,13,15-16,18-19,24,27-28H,2-6,11-12,14,17,20-22H2,1H3/b8-7+,10-9+,26-23-. The van der Waals surface area contributed by atoms with Crippen molar-refractivity contribution in [1.29, 1.82) is 0 Å². The molecule has 0 aliphatic rings. The van der Waals surface area contributed by atoms with E-state index in [9.17, 15) is 10.3 Å². The first-order chi connectivity index (χ1) is 14.3. The zero-order valence-electron chi connectivity index (χ0n) is 18.0. The molecule has 0 radical (unpaired) electrons. The largest absolute Gasteiger partial charge is 0.491 e. The third-order valence-electron chi connectivity index (χ3n) is 4.79. The minimum atomic E-state index is -0.566. The van der Waals surface area contributed by atoms with Crippen LogP contribution in [0.2, 0.25) is 0 Å². The lowest BCUT2D eigenvalue weighted by atomic mass is 10.0. The van der Waals surface area contributed by atoms with Crippen molar-refractivity contribution < 1.29 is 15.1 Å². The molecule has 1 rings (SSSR count). The topological polar surface area (TPSA) is 62.0 Å². The summed E-state index contributed by atoms with van der Waals surface area (Å²) in [6.45, 7) is 2.49.